The van der Waals surface area contributed by atoms with Crippen LogP contribution in [0.15, 0.2) is 5.34 Å². The molecule has 0 aliphatic carbocycles. The molecule has 1 aliphatic heterocycles. The second kappa shape index (κ2) is 4.54. The molecule has 1 fully saturated rings. The van der Waals surface area contributed by atoms with Gasteiger partial charge in [-0.1, -0.05) is 0 Å². The zero-order valence-electron chi connectivity index (χ0n) is 9.89. The van der Waals surface area contributed by atoms with Gasteiger partial charge in [0.25, 0.3) is 0 Å². The topological polar surface area (TPSA) is 116 Å². The van der Waals surface area contributed by atoms with Gasteiger partial charge in [0, 0.05) is 43.8 Å². The molecule has 0 aromatic heterocycles. The first-order valence-electron chi connectivity index (χ1n) is 4.83. The number of nitrogens with two attached hydrogens (primary N) is 1. The molecule has 2 N–H and O–H groups in total. The second-order valence-corrected chi connectivity index (χ2v) is 4.99. The maximum atomic E-state index is 11.8. The molecule has 1 aliphatic rings. The Labute approximate surface area is 93.5 Å². The lowest BCUT2D eigenvalue weighted by atomic mass is 9.87. The molecule has 1 amide bonds. The van der Waals surface area contributed by atoms with E-state index in [4.69, 9.17) is 15.8 Å². The Morgan fingerprint density at radius 1 is 1.44 bits per heavy atom. The number of nitroso groups, excluding NO2 is 1. The molecule has 7 nitrogen and oxygen atoms in total. The van der Waals surface area contributed by atoms with Crippen LogP contribution >= 0.6 is 0 Å². The van der Waals surface area contributed by atoms with Gasteiger partial charge in [0.2, 0.25) is 17.0 Å². The predicted molar refractivity (Wildman–Crippen MR) is 58.2 cm³/mol. The van der Waals surface area contributed by atoms with Gasteiger partial charge in [-0.25, -0.2) is 0 Å². The van der Waals surface area contributed by atoms with Crippen LogP contribution in [0.4, 0.5) is 0 Å². The minimum atomic E-state index is -0.671. The Balaban J connectivity index is 0.000000673. The quantitative estimate of drug-likeness (QED) is 0.412. The van der Waals surface area contributed by atoms with E-state index in [-0.39, 0.29) is 11.8 Å². The monoisotopic (exact) mass is 231 g/mol. The molecule has 0 spiro atoms. The number of rotatable bonds is 1. The van der Waals surface area contributed by atoms with E-state index in [0.717, 1.165) is 10.1 Å². The third kappa shape index (κ3) is 2.53. The highest BCUT2D eigenvalue weighted by atomic mass is 16.6. The maximum absolute atomic E-state index is 11.8. The summed E-state index contributed by atoms with van der Waals surface area (Å²) >= 11 is 0. The van der Waals surface area contributed by atoms with Crippen molar-refractivity contribution >= 4 is 5.91 Å². The molecule has 0 saturated carbocycles. The van der Waals surface area contributed by atoms with Crippen molar-refractivity contribution in [1.82, 2.24) is 0 Å². The molecule has 0 radical (unpaired) electrons. The van der Waals surface area contributed by atoms with E-state index in [9.17, 15) is 9.70 Å². The first-order chi connectivity index (χ1) is 7.11. The van der Waals surface area contributed by atoms with Gasteiger partial charge < -0.3 is 15.8 Å². The molecule has 1 unspecified atom stereocenters. The SMILES string of the molecule is CC1(C)CC(C(N)=O)C(C)(C)[N+]1=O.O=N[O-]. The minimum absolute atomic E-state index is 0.347. The number of carbonyl (C=O) groups is 1. The fourth-order valence-corrected chi connectivity index (χ4v) is 2.20. The zero-order chi connectivity index (χ0) is 13.1. The van der Waals surface area contributed by atoms with Crippen molar-refractivity contribution < 1.29 is 9.55 Å². The van der Waals surface area contributed by atoms with E-state index in [1.165, 1.54) is 0 Å². The molecule has 0 aromatic rings. The second-order valence-electron chi connectivity index (χ2n) is 4.99. The van der Waals surface area contributed by atoms with Gasteiger partial charge in [-0.2, -0.15) is 0 Å². The van der Waals surface area contributed by atoms with Gasteiger partial charge in [-0.15, -0.1) is 5.34 Å². The number of nitrogens with zero attached hydrogens (tertiary/aromatic N) is 2. The van der Waals surface area contributed by atoms with Crippen molar-refractivity contribution in [2.75, 3.05) is 0 Å². The maximum Gasteiger partial charge on any atom is 0.227 e. The summed E-state index contributed by atoms with van der Waals surface area (Å²) in [6, 6.07) is 0. The van der Waals surface area contributed by atoms with Crippen LogP contribution < -0.4 is 5.73 Å². The van der Waals surface area contributed by atoms with E-state index >= 15 is 0 Å². The summed E-state index contributed by atoms with van der Waals surface area (Å²) in [5, 5.41) is 9.00. The van der Waals surface area contributed by atoms with Crippen LogP contribution in [0.1, 0.15) is 34.1 Å². The lowest BCUT2D eigenvalue weighted by molar-refractivity contribution is -0.659. The van der Waals surface area contributed by atoms with Gasteiger partial charge in [-0.3, -0.25) is 4.79 Å². The van der Waals surface area contributed by atoms with Crippen LogP contribution in [-0.2, 0) is 4.79 Å². The summed E-state index contributed by atoms with van der Waals surface area (Å²) < 4.78 is 0.995. The van der Waals surface area contributed by atoms with E-state index in [2.05, 4.69) is 0 Å². The number of hydrogen-bond acceptors (Lipinski definition) is 5. The average molecular weight is 231 g/mol. The molecular formula is C9H17N3O4. The van der Waals surface area contributed by atoms with E-state index < -0.39 is 11.1 Å². The van der Waals surface area contributed by atoms with Crippen LogP contribution in [0, 0.1) is 20.9 Å². The summed E-state index contributed by atoms with van der Waals surface area (Å²) in [6.07, 6.45) is 0.541. The van der Waals surface area contributed by atoms with Gasteiger partial charge in [0.15, 0.2) is 0 Å². The molecule has 16 heavy (non-hydrogen) atoms. The Kier molecular flexibility index (Phi) is 4.11. The van der Waals surface area contributed by atoms with Gasteiger partial charge in [0.1, 0.15) is 5.92 Å². The third-order valence-electron chi connectivity index (χ3n) is 2.97. The Bertz CT molecular complexity index is 312. The van der Waals surface area contributed by atoms with Crippen molar-refractivity contribution in [2.45, 2.75) is 45.2 Å². The summed E-state index contributed by atoms with van der Waals surface area (Å²) in [7, 11) is 0. The molecular weight excluding hydrogens is 214 g/mol. The lowest BCUT2D eigenvalue weighted by Gasteiger charge is -2.15. The lowest BCUT2D eigenvalue weighted by Crippen LogP contribution is -2.43. The zero-order valence-corrected chi connectivity index (χ0v) is 9.89. The first-order valence-corrected chi connectivity index (χ1v) is 4.83. The Hall–Kier alpha value is -1.53. The van der Waals surface area contributed by atoms with Crippen molar-refractivity contribution in [1.29, 1.82) is 0 Å². The predicted octanol–water partition coefficient (Wildman–Crippen LogP) is 1.08. The van der Waals surface area contributed by atoms with Gasteiger partial charge in [-0.05, 0) is 0 Å². The van der Waals surface area contributed by atoms with Gasteiger partial charge in [0.05, 0.1) is 0 Å². The fourth-order valence-electron chi connectivity index (χ4n) is 2.20. The molecule has 0 aromatic carbocycles. The summed E-state index contributed by atoms with van der Waals surface area (Å²) in [4.78, 5) is 30.9. The van der Waals surface area contributed by atoms with Crippen molar-refractivity contribution in [3.63, 3.8) is 0 Å². The van der Waals surface area contributed by atoms with Crippen molar-refractivity contribution in [2.24, 2.45) is 17.0 Å². The Morgan fingerprint density at radius 2 is 1.81 bits per heavy atom. The average Bonchev–Trinajstić information content (AvgIpc) is 2.28. The molecule has 7 heteroatoms. The minimum Gasteiger partial charge on any atom is -0.444 e. The molecule has 1 heterocycles. The smallest absolute Gasteiger partial charge is 0.227 e. The van der Waals surface area contributed by atoms with Crippen LogP contribution in [0.25, 0.3) is 0 Å². The largest absolute Gasteiger partial charge is 0.444 e. The highest BCUT2D eigenvalue weighted by Gasteiger charge is 2.62. The van der Waals surface area contributed by atoms with Crippen molar-refractivity contribution in [3.05, 3.63) is 15.0 Å². The molecule has 1 atom stereocenters. The highest BCUT2D eigenvalue weighted by molar-refractivity contribution is 5.78. The van der Waals surface area contributed by atoms with E-state index in [0.29, 0.717) is 6.42 Å². The van der Waals surface area contributed by atoms with E-state index in [1.807, 2.05) is 13.8 Å². The molecule has 92 valence electrons. The van der Waals surface area contributed by atoms with Crippen LogP contribution in [-0.4, -0.2) is 21.7 Å². The number of hydrogen-bond donors (Lipinski definition) is 1. The van der Waals surface area contributed by atoms with Crippen molar-refractivity contribution in [3.8, 4) is 0 Å². The van der Waals surface area contributed by atoms with Crippen LogP contribution in [0.3, 0.4) is 0 Å². The Morgan fingerprint density at radius 3 is 1.94 bits per heavy atom. The highest BCUT2D eigenvalue weighted by Crippen LogP contribution is 2.40. The van der Waals surface area contributed by atoms with Crippen LogP contribution in [0.2, 0.25) is 0 Å². The standard InChI is InChI=1S/C9H16N2O2.HNO2/c1-8(2)5-6(7(10)12)9(3,4)11(8)13;2-1-3/h6H,5H2,1-4H3,(H-,10,12);(H,2,3). The van der Waals surface area contributed by atoms with E-state index in [1.54, 1.807) is 13.8 Å². The fraction of sp³-hybridized carbons (Fsp3) is 0.889. The number of amides is 1. The van der Waals surface area contributed by atoms with Gasteiger partial charge >= 0.3 is 0 Å². The molecule has 1 saturated heterocycles. The summed E-state index contributed by atoms with van der Waals surface area (Å²) in [6.45, 7) is 7.21. The summed E-state index contributed by atoms with van der Waals surface area (Å²) in [5.41, 5.74) is 4.10. The third-order valence-corrected chi connectivity index (χ3v) is 2.97. The number of carbonyl (C=O) groups excluding carboxylic acids is 1. The normalized spacial score (nSPS) is 25.5. The summed E-state index contributed by atoms with van der Waals surface area (Å²) in [5.74, 6) is -0.726. The van der Waals surface area contributed by atoms with Crippen LogP contribution in [0.5, 0.6) is 0 Å². The first kappa shape index (κ1) is 14.5. The molecule has 1 rings (SSSR count). The number of primary amides is 1. The molecule has 0 bridgehead atoms.